The molecule has 0 aliphatic carbocycles. The lowest BCUT2D eigenvalue weighted by atomic mass is 10.2. The summed E-state index contributed by atoms with van der Waals surface area (Å²) in [5, 5.41) is 0.227. The van der Waals surface area contributed by atoms with E-state index in [9.17, 15) is 12.8 Å². The second-order valence-electron chi connectivity index (χ2n) is 4.38. The second-order valence-corrected chi connectivity index (χ2v) is 6.47. The third-order valence-electron chi connectivity index (χ3n) is 2.78. The molecule has 1 N–H and O–H groups in total. The summed E-state index contributed by atoms with van der Waals surface area (Å²) >= 11 is 5.75. The molecule has 2 rings (SSSR count). The van der Waals surface area contributed by atoms with Crippen LogP contribution in [0.15, 0.2) is 41.3 Å². The van der Waals surface area contributed by atoms with Crippen molar-refractivity contribution in [3.63, 3.8) is 0 Å². The molecule has 0 spiro atoms. The van der Waals surface area contributed by atoms with Gasteiger partial charge in [-0.3, -0.25) is 4.72 Å². The number of methoxy groups -OCH3 is 1. The van der Waals surface area contributed by atoms with Crippen molar-refractivity contribution in [3.05, 3.63) is 52.8 Å². The van der Waals surface area contributed by atoms with Gasteiger partial charge in [0.05, 0.1) is 12.8 Å². The summed E-state index contributed by atoms with van der Waals surface area (Å²) in [6, 6.07) is 8.34. The monoisotopic (exact) mass is 329 g/mol. The topological polar surface area (TPSA) is 55.4 Å². The van der Waals surface area contributed by atoms with Gasteiger partial charge in [-0.2, -0.15) is 0 Å². The molecular weight excluding hydrogens is 317 g/mol. The molecule has 0 aliphatic rings. The Bertz CT molecular complexity index is 778. The van der Waals surface area contributed by atoms with Crippen LogP contribution in [0.2, 0.25) is 5.02 Å². The lowest BCUT2D eigenvalue weighted by Gasteiger charge is -2.13. The number of ether oxygens (including phenoxy) is 1. The van der Waals surface area contributed by atoms with Crippen LogP contribution in [0.25, 0.3) is 0 Å². The maximum absolute atomic E-state index is 13.7. The normalized spacial score (nSPS) is 11.2. The van der Waals surface area contributed by atoms with Crippen LogP contribution in [0, 0.1) is 12.7 Å². The maximum atomic E-state index is 13.7. The van der Waals surface area contributed by atoms with Crippen LogP contribution < -0.4 is 9.46 Å². The van der Waals surface area contributed by atoms with Gasteiger partial charge in [0.2, 0.25) is 0 Å². The van der Waals surface area contributed by atoms with Gasteiger partial charge in [-0.1, -0.05) is 17.7 Å². The zero-order chi connectivity index (χ0) is 15.6. The van der Waals surface area contributed by atoms with Gasteiger partial charge in [0.15, 0.2) is 0 Å². The minimum absolute atomic E-state index is 0.0654. The molecule has 0 unspecified atom stereocenters. The number of hydrogen-bond donors (Lipinski definition) is 1. The fourth-order valence-corrected chi connectivity index (χ4v) is 3.25. The third kappa shape index (κ3) is 3.46. The van der Waals surface area contributed by atoms with Gasteiger partial charge in [-0.25, -0.2) is 12.8 Å². The first kappa shape index (κ1) is 15.6. The van der Waals surface area contributed by atoms with Crippen molar-refractivity contribution in [1.82, 2.24) is 0 Å². The van der Waals surface area contributed by atoms with E-state index in [0.717, 1.165) is 11.6 Å². The highest BCUT2D eigenvalue weighted by Gasteiger charge is 2.21. The number of sulfonamides is 1. The summed E-state index contributed by atoms with van der Waals surface area (Å²) in [7, 11) is -2.63. The standard InChI is InChI=1S/C14H13ClFNO3S/c1-9-3-6-13(20-2)14(7-9)21(18,19)17-12-8-10(15)4-5-11(12)16/h3-8,17H,1-2H3. The Labute approximate surface area is 127 Å². The number of rotatable bonds is 4. The van der Waals surface area contributed by atoms with E-state index in [1.807, 2.05) is 0 Å². The third-order valence-corrected chi connectivity index (χ3v) is 4.40. The van der Waals surface area contributed by atoms with Gasteiger partial charge in [0, 0.05) is 5.02 Å². The molecule has 0 heterocycles. The van der Waals surface area contributed by atoms with Crippen LogP contribution in [0.1, 0.15) is 5.56 Å². The first-order valence-corrected chi connectivity index (χ1v) is 7.82. The van der Waals surface area contributed by atoms with E-state index < -0.39 is 15.8 Å². The van der Waals surface area contributed by atoms with Gasteiger partial charge < -0.3 is 4.74 Å². The van der Waals surface area contributed by atoms with Crippen LogP contribution in [0.4, 0.5) is 10.1 Å². The summed E-state index contributed by atoms with van der Waals surface area (Å²) < 4.78 is 45.7. The lowest BCUT2D eigenvalue weighted by molar-refractivity contribution is 0.402. The van der Waals surface area contributed by atoms with Gasteiger partial charge in [-0.15, -0.1) is 0 Å². The largest absolute Gasteiger partial charge is 0.495 e. The molecule has 0 atom stereocenters. The molecule has 0 amide bonds. The van der Waals surface area contributed by atoms with Crippen LogP contribution in [0.5, 0.6) is 5.75 Å². The summed E-state index contributed by atoms with van der Waals surface area (Å²) in [6.07, 6.45) is 0. The van der Waals surface area contributed by atoms with Crippen LogP contribution in [0.3, 0.4) is 0 Å². The summed E-state index contributed by atoms with van der Waals surface area (Å²) in [6.45, 7) is 1.75. The predicted octanol–water partition coefficient (Wildman–Crippen LogP) is 3.60. The van der Waals surface area contributed by atoms with E-state index in [0.29, 0.717) is 0 Å². The summed E-state index contributed by atoms with van der Waals surface area (Å²) in [5.41, 5.74) is 0.522. The Morgan fingerprint density at radius 1 is 1.19 bits per heavy atom. The van der Waals surface area contributed by atoms with Gasteiger partial charge in [-0.05, 0) is 42.8 Å². The first-order valence-electron chi connectivity index (χ1n) is 5.96. The fourth-order valence-electron chi connectivity index (χ4n) is 1.77. The van der Waals surface area contributed by atoms with Crippen LogP contribution >= 0.6 is 11.6 Å². The van der Waals surface area contributed by atoms with Crippen molar-refractivity contribution in [1.29, 1.82) is 0 Å². The fraction of sp³-hybridized carbons (Fsp3) is 0.143. The van der Waals surface area contributed by atoms with Crippen molar-refractivity contribution in [3.8, 4) is 5.75 Å². The van der Waals surface area contributed by atoms with Gasteiger partial charge in [0.1, 0.15) is 16.5 Å². The molecule has 0 aliphatic heterocycles. The number of aryl methyl sites for hydroxylation is 1. The molecular formula is C14H13ClFNO3S. The Balaban J connectivity index is 2.48. The van der Waals surface area contributed by atoms with E-state index in [1.165, 1.54) is 31.4 Å². The maximum Gasteiger partial charge on any atom is 0.265 e. The second kappa shape index (κ2) is 5.91. The Hall–Kier alpha value is -1.79. The molecule has 112 valence electrons. The molecule has 7 heteroatoms. The van der Waals surface area contributed by atoms with Crippen molar-refractivity contribution >= 4 is 27.3 Å². The van der Waals surface area contributed by atoms with Crippen molar-refractivity contribution in [2.24, 2.45) is 0 Å². The Kier molecular flexibility index (Phi) is 4.39. The molecule has 0 radical (unpaired) electrons. The van der Waals surface area contributed by atoms with Crippen molar-refractivity contribution in [2.75, 3.05) is 11.8 Å². The minimum atomic E-state index is -3.99. The van der Waals surface area contributed by atoms with E-state index in [4.69, 9.17) is 16.3 Å². The molecule has 0 saturated heterocycles. The SMILES string of the molecule is COc1ccc(C)cc1S(=O)(=O)Nc1cc(Cl)ccc1F. The number of nitrogens with one attached hydrogen (secondary N) is 1. The molecule has 0 bridgehead atoms. The van der Waals surface area contributed by atoms with Crippen LogP contribution in [-0.4, -0.2) is 15.5 Å². The molecule has 0 saturated carbocycles. The minimum Gasteiger partial charge on any atom is -0.495 e. The van der Waals surface area contributed by atoms with Crippen molar-refractivity contribution < 1.29 is 17.5 Å². The Morgan fingerprint density at radius 2 is 1.90 bits per heavy atom. The van der Waals surface area contributed by atoms with E-state index in [2.05, 4.69) is 4.72 Å². The first-order chi connectivity index (χ1) is 9.83. The average molecular weight is 330 g/mol. The quantitative estimate of drug-likeness (QED) is 0.932. The summed E-state index contributed by atoms with van der Waals surface area (Å²) in [5.74, 6) is -0.537. The summed E-state index contributed by atoms with van der Waals surface area (Å²) in [4.78, 5) is -0.0654. The van der Waals surface area contributed by atoms with E-state index in [1.54, 1.807) is 13.0 Å². The van der Waals surface area contributed by atoms with E-state index in [-0.39, 0.29) is 21.4 Å². The molecule has 0 fully saturated rings. The number of benzene rings is 2. The Morgan fingerprint density at radius 3 is 2.57 bits per heavy atom. The van der Waals surface area contributed by atoms with Gasteiger partial charge >= 0.3 is 0 Å². The van der Waals surface area contributed by atoms with E-state index >= 15 is 0 Å². The molecule has 21 heavy (non-hydrogen) atoms. The predicted molar refractivity (Wildman–Crippen MR) is 79.9 cm³/mol. The number of halogens is 2. The van der Waals surface area contributed by atoms with Crippen LogP contribution in [-0.2, 0) is 10.0 Å². The zero-order valence-electron chi connectivity index (χ0n) is 11.4. The highest BCUT2D eigenvalue weighted by molar-refractivity contribution is 7.92. The lowest BCUT2D eigenvalue weighted by Crippen LogP contribution is -2.15. The zero-order valence-corrected chi connectivity index (χ0v) is 12.9. The van der Waals surface area contributed by atoms with Crippen molar-refractivity contribution in [2.45, 2.75) is 11.8 Å². The molecule has 2 aromatic carbocycles. The average Bonchev–Trinajstić information content (AvgIpc) is 2.42. The highest BCUT2D eigenvalue weighted by atomic mass is 35.5. The van der Waals surface area contributed by atoms with Gasteiger partial charge in [0.25, 0.3) is 10.0 Å². The smallest absolute Gasteiger partial charge is 0.265 e. The molecule has 0 aromatic heterocycles. The highest BCUT2D eigenvalue weighted by Crippen LogP contribution is 2.28. The number of hydrogen-bond acceptors (Lipinski definition) is 3. The molecule has 2 aromatic rings. The molecule has 4 nitrogen and oxygen atoms in total. The number of anilines is 1.